The summed E-state index contributed by atoms with van der Waals surface area (Å²) in [6, 6.07) is 16.3. The number of amides is 2. The zero-order valence-corrected chi connectivity index (χ0v) is 16.7. The lowest BCUT2D eigenvalue weighted by Gasteiger charge is -2.27. The summed E-state index contributed by atoms with van der Waals surface area (Å²) in [6.45, 7) is 4.30. The molecular weight excluding hydrogens is 366 g/mol. The Bertz CT molecular complexity index is 954. The molecular formula is C24H25NO4. The van der Waals surface area contributed by atoms with Crippen LogP contribution < -0.4 is 0 Å². The minimum absolute atomic E-state index is 0.00653. The Balaban J connectivity index is 1.38. The molecule has 3 atom stereocenters. The number of carbonyl (C=O) groups is 2. The lowest BCUT2D eigenvalue weighted by molar-refractivity contribution is -0.127. The summed E-state index contributed by atoms with van der Waals surface area (Å²) >= 11 is 0. The summed E-state index contributed by atoms with van der Waals surface area (Å²) in [5.41, 5.74) is 3.82. The van der Waals surface area contributed by atoms with E-state index in [9.17, 15) is 14.7 Å². The van der Waals surface area contributed by atoms with Gasteiger partial charge in [-0.2, -0.15) is 0 Å². The summed E-state index contributed by atoms with van der Waals surface area (Å²) in [7, 11) is 0. The van der Waals surface area contributed by atoms with Gasteiger partial charge in [-0.25, -0.2) is 9.69 Å². The van der Waals surface area contributed by atoms with Crippen LogP contribution >= 0.6 is 0 Å². The van der Waals surface area contributed by atoms with Gasteiger partial charge in [0.05, 0.1) is 18.1 Å². The van der Waals surface area contributed by atoms with Gasteiger partial charge in [-0.3, -0.25) is 4.79 Å². The van der Waals surface area contributed by atoms with Gasteiger partial charge in [-0.1, -0.05) is 62.4 Å². The van der Waals surface area contributed by atoms with E-state index >= 15 is 0 Å². The summed E-state index contributed by atoms with van der Waals surface area (Å²) in [4.78, 5) is 26.7. The smallest absolute Gasteiger partial charge is 0.417 e. The fourth-order valence-electron chi connectivity index (χ4n) is 5.49. The first-order chi connectivity index (χ1) is 13.9. The zero-order chi connectivity index (χ0) is 20.3. The summed E-state index contributed by atoms with van der Waals surface area (Å²) in [5.74, 6) is 0.0340. The Labute approximate surface area is 170 Å². The summed E-state index contributed by atoms with van der Waals surface area (Å²) in [6.07, 6.45) is -0.783. The van der Waals surface area contributed by atoms with E-state index in [2.05, 4.69) is 38.1 Å². The number of hydrogen-bond acceptors (Lipinski definition) is 4. The third kappa shape index (κ3) is 2.57. The molecule has 3 aliphatic rings. The molecule has 2 aromatic carbocycles. The maximum Gasteiger partial charge on any atom is 0.417 e. The number of ether oxygens (including phenoxy) is 1. The van der Waals surface area contributed by atoms with Crippen LogP contribution in [0.5, 0.6) is 0 Å². The highest BCUT2D eigenvalue weighted by molar-refractivity contribution is 5.96. The van der Waals surface area contributed by atoms with Gasteiger partial charge in [0.15, 0.2) is 0 Å². The number of imide groups is 1. The molecule has 1 heterocycles. The Morgan fingerprint density at radius 3 is 2.28 bits per heavy atom. The van der Waals surface area contributed by atoms with E-state index in [0.29, 0.717) is 12.3 Å². The van der Waals surface area contributed by atoms with E-state index in [4.69, 9.17) is 4.74 Å². The molecule has 1 unspecified atom stereocenters. The Morgan fingerprint density at radius 2 is 1.72 bits per heavy atom. The summed E-state index contributed by atoms with van der Waals surface area (Å²) in [5, 5.41) is 10.5. The molecule has 5 rings (SSSR count). The van der Waals surface area contributed by atoms with Crippen molar-refractivity contribution in [1.82, 2.24) is 4.90 Å². The van der Waals surface area contributed by atoms with Crippen LogP contribution in [0.1, 0.15) is 43.7 Å². The number of benzene rings is 2. The Hall–Kier alpha value is -2.66. The van der Waals surface area contributed by atoms with Crippen LogP contribution in [0.15, 0.2) is 48.5 Å². The molecule has 5 nitrogen and oxygen atoms in total. The predicted molar refractivity (Wildman–Crippen MR) is 108 cm³/mol. The SMILES string of the molecule is CC(C)[C@@H]1CC12[C@@H](O)CC(=O)N2C(=O)OCC1c2ccccc2-c2ccccc21. The molecule has 0 radical (unpaired) electrons. The molecule has 2 aromatic rings. The van der Waals surface area contributed by atoms with Crippen LogP contribution in [0.25, 0.3) is 11.1 Å². The van der Waals surface area contributed by atoms with Gasteiger partial charge in [0.1, 0.15) is 6.61 Å². The van der Waals surface area contributed by atoms with E-state index in [1.54, 1.807) is 0 Å². The largest absolute Gasteiger partial charge is 0.448 e. The van der Waals surface area contributed by atoms with Crippen molar-refractivity contribution in [2.24, 2.45) is 11.8 Å². The second-order valence-corrected chi connectivity index (χ2v) is 8.80. The average molecular weight is 391 g/mol. The maximum atomic E-state index is 13.0. The number of nitrogens with zero attached hydrogens (tertiary/aromatic N) is 1. The molecule has 1 spiro atoms. The standard InChI is InChI=1S/C24H25NO4/c1-14(2)20-12-24(20)21(26)11-22(27)25(24)23(28)29-13-19-17-9-5-3-7-15(17)16-8-4-6-10-18(16)19/h3-10,14,19-21,26H,11-13H2,1-2H3/t20-,21-,24?/m0/s1. The summed E-state index contributed by atoms with van der Waals surface area (Å²) < 4.78 is 5.70. The molecule has 2 aliphatic carbocycles. The maximum absolute atomic E-state index is 13.0. The number of aliphatic hydroxyl groups excluding tert-OH is 1. The minimum Gasteiger partial charge on any atom is -0.448 e. The van der Waals surface area contributed by atoms with Crippen molar-refractivity contribution in [3.8, 4) is 11.1 Å². The molecule has 0 bridgehead atoms. The van der Waals surface area contributed by atoms with Gasteiger partial charge >= 0.3 is 6.09 Å². The number of hydrogen-bond donors (Lipinski definition) is 1. The molecule has 5 heteroatoms. The first-order valence-corrected chi connectivity index (χ1v) is 10.3. The average Bonchev–Trinajstić information content (AvgIpc) is 3.30. The second-order valence-electron chi connectivity index (χ2n) is 8.80. The lowest BCUT2D eigenvalue weighted by atomic mass is 9.98. The molecule has 2 amide bonds. The molecule has 1 aliphatic heterocycles. The normalized spacial score (nSPS) is 27.4. The van der Waals surface area contributed by atoms with E-state index in [-0.39, 0.29) is 30.8 Å². The third-order valence-corrected chi connectivity index (χ3v) is 6.96. The molecule has 1 saturated carbocycles. The number of likely N-dealkylation sites (tertiary alicyclic amines) is 1. The van der Waals surface area contributed by atoms with E-state index < -0.39 is 17.7 Å². The van der Waals surface area contributed by atoms with Crippen molar-refractivity contribution in [1.29, 1.82) is 0 Å². The van der Waals surface area contributed by atoms with Crippen molar-refractivity contribution in [3.63, 3.8) is 0 Å². The third-order valence-electron chi connectivity index (χ3n) is 6.96. The Morgan fingerprint density at radius 1 is 1.14 bits per heavy atom. The van der Waals surface area contributed by atoms with Crippen molar-refractivity contribution in [3.05, 3.63) is 59.7 Å². The van der Waals surface area contributed by atoms with Gasteiger partial charge in [-0.15, -0.1) is 0 Å². The van der Waals surface area contributed by atoms with Gasteiger partial charge in [0, 0.05) is 5.92 Å². The number of rotatable bonds is 3. The fraction of sp³-hybridized carbons (Fsp3) is 0.417. The van der Waals surface area contributed by atoms with Crippen LogP contribution in [-0.4, -0.2) is 40.3 Å². The quantitative estimate of drug-likeness (QED) is 0.861. The van der Waals surface area contributed by atoms with Crippen LogP contribution in [0.2, 0.25) is 0 Å². The highest BCUT2D eigenvalue weighted by Gasteiger charge is 2.70. The van der Waals surface area contributed by atoms with E-state index in [0.717, 1.165) is 22.3 Å². The van der Waals surface area contributed by atoms with Crippen molar-refractivity contribution < 1.29 is 19.4 Å². The fourth-order valence-corrected chi connectivity index (χ4v) is 5.49. The Kier molecular flexibility index (Phi) is 4.07. The van der Waals surface area contributed by atoms with Crippen LogP contribution in [-0.2, 0) is 9.53 Å². The van der Waals surface area contributed by atoms with Crippen LogP contribution in [0.3, 0.4) is 0 Å². The highest BCUT2D eigenvalue weighted by Crippen LogP contribution is 2.58. The molecule has 0 aromatic heterocycles. The van der Waals surface area contributed by atoms with Gasteiger partial charge in [0.2, 0.25) is 5.91 Å². The van der Waals surface area contributed by atoms with Crippen molar-refractivity contribution in [2.45, 2.75) is 44.2 Å². The van der Waals surface area contributed by atoms with E-state index in [1.807, 2.05) is 24.3 Å². The first-order valence-electron chi connectivity index (χ1n) is 10.3. The molecule has 1 N–H and O–H groups in total. The van der Waals surface area contributed by atoms with Gasteiger partial charge in [-0.05, 0) is 40.5 Å². The monoisotopic (exact) mass is 391 g/mol. The molecule has 150 valence electrons. The predicted octanol–water partition coefficient (Wildman–Crippen LogP) is 3.94. The highest BCUT2D eigenvalue weighted by atomic mass is 16.6. The topological polar surface area (TPSA) is 66.8 Å². The van der Waals surface area contributed by atoms with Crippen LogP contribution in [0.4, 0.5) is 4.79 Å². The number of aliphatic hydroxyl groups is 1. The molecule has 1 saturated heterocycles. The lowest BCUT2D eigenvalue weighted by Crippen LogP contribution is -2.46. The van der Waals surface area contributed by atoms with Gasteiger partial charge < -0.3 is 9.84 Å². The zero-order valence-electron chi connectivity index (χ0n) is 16.7. The molecule has 29 heavy (non-hydrogen) atoms. The first kappa shape index (κ1) is 18.4. The number of fused-ring (bicyclic) bond motifs is 3. The van der Waals surface area contributed by atoms with Crippen LogP contribution in [0, 0.1) is 11.8 Å². The number of carbonyl (C=O) groups excluding carboxylic acids is 2. The van der Waals surface area contributed by atoms with E-state index in [1.165, 1.54) is 4.90 Å². The second kappa shape index (κ2) is 6.42. The van der Waals surface area contributed by atoms with Gasteiger partial charge in [0.25, 0.3) is 0 Å². The van der Waals surface area contributed by atoms with Crippen molar-refractivity contribution >= 4 is 12.0 Å². The van der Waals surface area contributed by atoms with Crippen molar-refractivity contribution in [2.75, 3.05) is 6.61 Å². The molecule has 2 fully saturated rings. The minimum atomic E-state index is -0.803.